The fraction of sp³-hybridized carbons (Fsp3) is 0. The van der Waals surface area contributed by atoms with Crippen molar-refractivity contribution >= 4 is 45.4 Å². The van der Waals surface area contributed by atoms with E-state index in [2.05, 4.69) is 26.8 Å². The van der Waals surface area contributed by atoms with Gasteiger partial charge in [0.15, 0.2) is 0 Å². The second-order valence-electron chi connectivity index (χ2n) is 4.31. The largest absolute Gasteiger partial charge is 0.269 e. The van der Waals surface area contributed by atoms with Crippen molar-refractivity contribution < 1.29 is 9.59 Å². The summed E-state index contributed by atoms with van der Waals surface area (Å²) < 4.78 is 0.871. The van der Waals surface area contributed by atoms with Crippen molar-refractivity contribution in [3.05, 3.63) is 75.2 Å². The Labute approximate surface area is 141 Å². The average molecular weight is 380 g/mol. The van der Waals surface area contributed by atoms with Gasteiger partial charge in [0.25, 0.3) is 11.8 Å². The normalized spacial score (nSPS) is 10.5. The van der Waals surface area contributed by atoms with Crippen LogP contribution in [0.3, 0.4) is 0 Å². The van der Waals surface area contributed by atoms with E-state index in [1.54, 1.807) is 48.5 Å². The fourth-order valence-electron chi connectivity index (χ4n) is 1.61. The smallest absolute Gasteiger partial charge is 0.268 e. The third-order valence-electron chi connectivity index (χ3n) is 2.73. The van der Waals surface area contributed by atoms with Gasteiger partial charge in [0.05, 0.1) is 0 Å². The summed E-state index contributed by atoms with van der Waals surface area (Å²) in [6.45, 7) is 0. The van der Waals surface area contributed by atoms with E-state index in [0.717, 1.165) is 10.0 Å². The second kappa shape index (κ2) is 7.77. The van der Waals surface area contributed by atoms with Gasteiger partial charge in [-0.1, -0.05) is 45.7 Å². The van der Waals surface area contributed by atoms with Crippen LogP contribution >= 0.6 is 27.5 Å². The molecule has 0 radical (unpaired) electrons. The quantitative estimate of drug-likeness (QED) is 0.632. The van der Waals surface area contributed by atoms with Gasteiger partial charge in [0.2, 0.25) is 0 Å². The van der Waals surface area contributed by atoms with E-state index in [1.165, 1.54) is 6.08 Å². The van der Waals surface area contributed by atoms with Crippen molar-refractivity contribution in [1.82, 2.24) is 10.9 Å². The summed E-state index contributed by atoms with van der Waals surface area (Å²) in [6, 6.07) is 13.9. The molecule has 0 saturated heterocycles. The first-order valence-corrected chi connectivity index (χ1v) is 7.52. The molecule has 0 aliphatic carbocycles. The number of carbonyl (C=O) groups is 2. The number of hydrazine groups is 1. The molecule has 0 fully saturated rings. The summed E-state index contributed by atoms with van der Waals surface area (Å²) in [5.74, 6) is -0.850. The molecular formula is C16H12BrClN2O2. The number of nitrogens with one attached hydrogen (secondary N) is 2. The molecule has 4 nitrogen and oxygen atoms in total. The van der Waals surface area contributed by atoms with Gasteiger partial charge >= 0.3 is 0 Å². The van der Waals surface area contributed by atoms with Crippen LogP contribution in [0.5, 0.6) is 0 Å². The van der Waals surface area contributed by atoms with Gasteiger partial charge in [-0.05, 0) is 42.0 Å². The highest BCUT2D eigenvalue weighted by Gasteiger charge is 2.05. The third-order valence-corrected chi connectivity index (χ3v) is 3.60. The van der Waals surface area contributed by atoms with Crippen molar-refractivity contribution in [3.63, 3.8) is 0 Å². The van der Waals surface area contributed by atoms with Crippen molar-refractivity contribution in [2.45, 2.75) is 0 Å². The zero-order chi connectivity index (χ0) is 15.9. The lowest BCUT2D eigenvalue weighted by Gasteiger charge is -2.05. The Bertz CT molecular complexity index is 714. The summed E-state index contributed by atoms with van der Waals surface area (Å²) in [7, 11) is 0. The van der Waals surface area contributed by atoms with Gasteiger partial charge < -0.3 is 0 Å². The number of hydrogen-bond donors (Lipinski definition) is 2. The molecule has 0 saturated carbocycles. The summed E-state index contributed by atoms with van der Waals surface area (Å²) in [5.41, 5.74) is 5.80. The lowest BCUT2D eigenvalue weighted by molar-refractivity contribution is -0.117. The maximum atomic E-state index is 11.8. The maximum absolute atomic E-state index is 11.8. The van der Waals surface area contributed by atoms with E-state index in [1.807, 2.05) is 6.07 Å². The van der Waals surface area contributed by atoms with Crippen LogP contribution in [0.1, 0.15) is 15.9 Å². The van der Waals surface area contributed by atoms with Gasteiger partial charge in [-0.2, -0.15) is 0 Å². The third kappa shape index (κ3) is 4.72. The standard InChI is InChI=1S/C16H12BrClN2O2/c17-13-8-5-12(6-9-13)16(22)20-19-15(21)10-7-11-3-1-2-4-14(11)18/h1-10H,(H,19,21)(H,20,22)/b10-7+. The Kier molecular flexibility index (Phi) is 5.75. The van der Waals surface area contributed by atoms with Gasteiger partial charge in [-0.15, -0.1) is 0 Å². The summed E-state index contributed by atoms with van der Waals surface area (Å²) in [6.07, 6.45) is 2.87. The molecule has 0 aliphatic rings. The monoisotopic (exact) mass is 378 g/mol. The molecule has 0 spiro atoms. The predicted molar refractivity (Wildman–Crippen MR) is 90.2 cm³/mol. The van der Waals surface area contributed by atoms with E-state index in [0.29, 0.717) is 10.6 Å². The molecule has 2 aromatic carbocycles. The van der Waals surface area contributed by atoms with Crippen molar-refractivity contribution in [2.75, 3.05) is 0 Å². The maximum Gasteiger partial charge on any atom is 0.269 e. The Morgan fingerprint density at radius 3 is 2.36 bits per heavy atom. The minimum Gasteiger partial charge on any atom is -0.268 e. The van der Waals surface area contributed by atoms with Crippen LogP contribution in [0.25, 0.3) is 6.08 Å². The van der Waals surface area contributed by atoms with E-state index in [-0.39, 0.29) is 0 Å². The molecule has 6 heteroatoms. The summed E-state index contributed by atoms with van der Waals surface area (Å²) in [5, 5.41) is 0.547. The minimum absolute atomic E-state index is 0.396. The number of hydrogen-bond acceptors (Lipinski definition) is 2. The molecule has 2 N–H and O–H groups in total. The van der Waals surface area contributed by atoms with Crippen LogP contribution in [-0.2, 0) is 4.79 Å². The molecule has 0 heterocycles. The summed E-state index contributed by atoms with van der Waals surface area (Å²) in [4.78, 5) is 23.5. The number of halogens is 2. The number of rotatable bonds is 3. The number of amides is 2. The minimum atomic E-state index is -0.453. The van der Waals surface area contributed by atoms with E-state index < -0.39 is 11.8 Å². The first kappa shape index (κ1) is 16.3. The van der Waals surface area contributed by atoms with Gasteiger partial charge in [-0.25, -0.2) is 0 Å². The molecule has 2 amide bonds. The molecule has 0 atom stereocenters. The van der Waals surface area contributed by atoms with Gasteiger partial charge in [0.1, 0.15) is 0 Å². The van der Waals surface area contributed by atoms with Crippen LogP contribution in [-0.4, -0.2) is 11.8 Å². The topological polar surface area (TPSA) is 58.2 Å². The van der Waals surface area contributed by atoms with E-state index in [9.17, 15) is 9.59 Å². The molecule has 0 bridgehead atoms. The molecule has 2 aromatic rings. The molecule has 0 aliphatic heterocycles. The van der Waals surface area contributed by atoms with Crippen molar-refractivity contribution in [3.8, 4) is 0 Å². The molecule has 0 unspecified atom stereocenters. The highest BCUT2D eigenvalue weighted by atomic mass is 79.9. The van der Waals surface area contributed by atoms with Crippen LogP contribution < -0.4 is 10.9 Å². The zero-order valence-electron chi connectivity index (χ0n) is 11.3. The fourth-order valence-corrected chi connectivity index (χ4v) is 2.07. The van der Waals surface area contributed by atoms with E-state index >= 15 is 0 Å². The SMILES string of the molecule is O=C(/C=C/c1ccccc1Cl)NNC(=O)c1ccc(Br)cc1. The highest BCUT2D eigenvalue weighted by Crippen LogP contribution is 2.16. The van der Waals surface area contributed by atoms with E-state index in [4.69, 9.17) is 11.6 Å². The first-order chi connectivity index (χ1) is 10.6. The Morgan fingerprint density at radius 2 is 1.68 bits per heavy atom. The molecule has 112 valence electrons. The first-order valence-electron chi connectivity index (χ1n) is 6.35. The van der Waals surface area contributed by atoms with Crippen LogP contribution in [0, 0.1) is 0 Å². The Hall–Kier alpha value is -2.11. The zero-order valence-corrected chi connectivity index (χ0v) is 13.7. The van der Waals surface area contributed by atoms with Gasteiger partial charge in [0, 0.05) is 21.1 Å². The number of benzene rings is 2. The average Bonchev–Trinajstić information content (AvgIpc) is 2.52. The molecule has 22 heavy (non-hydrogen) atoms. The molecule has 0 aromatic heterocycles. The summed E-state index contributed by atoms with van der Waals surface area (Å²) >= 11 is 9.26. The van der Waals surface area contributed by atoms with Crippen LogP contribution in [0.2, 0.25) is 5.02 Å². The van der Waals surface area contributed by atoms with Crippen molar-refractivity contribution in [1.29, 1.82) is 0 Å². The second-order valence-corrected chi connectivity index (χ2v) is 5.63. The highest BCUT2D eigenvalue weighted by molar-refractivity contribution is 9.10. The van der Waals surface area contributed by atoms with Crippen molar-refractivity contribution in [2.24, 2.45) is 0 Å². The van der Waals surface area contributed by atoms with Crippen LogP contribution in [0.15, 0.2) is 59.1 Å². The Balaban J connectivity index is 1.89. The molecular weight excluding hydrogens is 368 g/mol. The van der Waals surface area contributed by atoms with Crippen LogP contribution in [0.4, 0.5) is 0 Å². The number of carbonyl (C=O) groups excluding carboxylic acids is 2. The lowest BCUT2D eigenvalue weighted by atomic mass is 10.2. The molecule has 2 rings (SSSR count). The van der Waals surface area contributed by atoms with Gasteiger partial charge in [-0.3, -0.25) is 20.4 Å². The predicted octanol–water partition coefficient (Wildman–Crippen LogP) is 3.58. The Morgan fingerprint density at radius 1 is 1.00 bits per heavy atom. The lowest BCUT2D eigenvalue weighted by Crippen LogP contribution is -2.40.